The second kappa shape index (κ2) is 5.88. The molecule has 5 heteroatoms. The van der Waals surface area contributed by atoms with E-state index in [-0.39, 0.29) is 11.5 Å². The lowest BCUT2D eigenvalue weighted by Gasteiger charge is -2.04. The lowest BCUT2D eigenvalue weighted by Crippen LogP contribution is -2.22. The highest BCUT2D eigenvalue weighted by molar-refractivity contribution is 7.12. The predicted molar refractivity (Wildman–Crippen MR) is 78.4 cm³/mol. The highest BCUT2D eigenvalue weighted by atomic mass is 32.1. The minimum absolute atomic E-state index is 0.112. The number of aryl methyl sites for hydroxylation is 2. The van der Waals surface area contributed by atoms with E-state index in [0.717, 1.165) is 4.88 Å². The van der Waals surface area contributed by atoms with Crippen LogP contribution in [0.4, 0.5) is 0 Å². The van der Waals surface area contributed by atoms with E-state index in [1.165, 1.54) is 22.6 Å². The van der Waals surface area contributed by atoms with E-state index < -0.39 is 5.97 Å². The molecule has 0 aliphatic carbocycles. The van der Waals surface area contributed by atoms with Gasteiger partial charge in [0.25, 0.3) is 5.91 Å². The number of carbonyl (C=O) groups excluding carboxylic acids is 1. The fourth-order valence-electron chi connectivity index (χ4n) is 1.80. The second-order valence-electron chi connectivity index (χ2n) is 4.52. The molecule has 2 aromatic rings. The fourth-order valence-corrected chi connectivity index (χ4v) is 2.79. The molecule has 1 aromatic carbocycles. The molecule has 0 atom stereocenters. The van der Waals surface area contributed by atoms with E-state index in [0.29, 0.717) is 12.1 Å². The monoisotopic (exact) mass is 289 g/mol. The van der Waals surface area contributed by atoms with Gasteiger partial charge >= 0.3 is 5.97 Å². The highest BCUT2D eigenvalue weighted by Crippen LogP contribution is 2.20. The van der Waals surface area contributed by atoms with E-state index in [2.05, 4.69) is 5.32 Å². The number of carbonyl (C=O) groups is 2. The van der Waals surface area contributed by atoms with Crippen LogP contribution in [0.15, 0.2) is 30.3 Å². The molecule has 0 saturated heterocycles. The number of amides is 1. The number of carboxylic acid groups (broad SMARTS) is 1. The largest absolute Gasteiger partial charge is 0.478 e. The molecule has 0 spiro atoms. The number of hydrogen-bond donors (Lipinski definition) is 2. The standard InChI is InChI=1S/C15H15NO3S/c1-9-6-13(20-10(9)2)8-16-14(17)11-4-3-5-12(7-11)15(18)19/h3-7H,8H2,1-2H3,(H,16,17)(H,18,19). The number of rotatable bonds is 4. The van der Waals surface area contributed by atoms with Crippen LogP contribution in [0.1, 0.15) is 36.0 Å². The molecule has 2 rings (SSSR count). The first-order chi connectivity index (χ1) is 9.47. The average Bonchev–Trinajstić information content (AvgIpc) is 2.75. The van der Waals surface area contributed by atoms with E-state index >= 15 is 0 Å². The third kappa shape index (κ3) is 3.24. The zero-order chi connectivity index (χ0) is 14.7. The maximum Gasteiger partial charge on any atom is 0.335 e. The maximum atomic E-state index is 12.0. The molecule has 1 amide bonds. The van der Waals surface area contributed by atoms with Crippen LogP contribution in [-0.4, -0.2) is 17.0 Å². The van der Waals surface area contributed by atoms with Crippen LogP contribution in [0, 0.1) is 13.8 Å². The van der Waals surface area contributed by atoms with E-state index in [4.69, 9.17) is 5.11 Å². The average molecular weight is 289 g/mol. The lowest BCUT2D eigenvalue weighted by atomic mass is 10.1. The molecule has 0 bridgehead atoms. The van der Waals surface area contributed by atoms with Crippen LogP contribution < -0.4 is 5.32 Å². The summed E-state index contributed by atoms with van der Waals surface area (Å²) in [5.41, 5.74) is 1.68. The molecular formula is C15H15NO3S. The van der Waals surface area contributed by atoms with Crippen molar-refractivity contribution >= 4 is 23.2 Å². The third-order valence-electron chi connectivity index (χ3n) is 3.01. The summed E-state index contributed by atoms with van der Waals surface area (Å²) >= 11 is 1.65. The molecule has 0 aliphatic heterocycles. The van der Waals surface area contributed by atoms with Gasteiger partial charge < -0.3 is 10.4 Å². The summed E-state index contributed by atoms with van der Waals surface area (Å²) in [5.74, 6) is -1.30. The summed E-state index contributed by atoms with van der Waals surface area (Å²) < 4.78 is 0. The van der Waals surface area contributed by atoms with Crippen molar-refractivity contribution in [1.29, 1.82) is 0 Å². The molecule has 0 aliphatic rings. The first-order valence-corrected chi connectivity index (χ1v) is 6.96. The Morgan fingerprint density at radius 3 is 2.50 bits per heavy atom. The Bertz CT molecular complexity index is 641. The zero-order valence-corrected chi connectivity index (χ0v) is 12.1. The van der Waals surface area contributed by atoms with Crippen LogP contribution in [0.3, 0.4) is 0 Å². The van der Waals surface area contributed by atoms with Crippen molar-refractivity contribution < 1.29 is 14.7 Å². The van der Waals surface area contributed by atoms with Crippen LogP contribution in [0.25, 0.3) is 0 Å². The lowest BCUT2D eigenvalue weighted by molar-refractivity contribution is 0.0697. The normalized spacial score (nSPS) is 10.3. The fraction of sp³-hybridized carbons (Fsp3) is 0.200. The van der Waals surface area contributed by atoms with Crippen molar-refractivity contribution in [3.63, 3.8) is 0 Å². The van der Waals surface area contributed by atoms with Gasteiger partial charge in [-0.15, -0.1) is 11.3 Å². The van der Waals surface area contributed by atoms with Crippen molar-refractivity contribution in [3.8, 4) is 0 Å². The van der Waals surface area contributed by atoms with Gasteiger partial charge in [-0.1, -0.05) is 6.07 Å². The SMILES string of the molecule is Cc1cc(CNC(=O)c2cccc(C(=O)O)c2)sc1C. The van der Waals surface area contributed by atoms with Crippen LogP contribution >= 0.6 is 11.3 Å². The van der Waals surface area contributed by atoms with Gasteiger partial charge in [0.05, 0.1) is 12.1 Å². The van der Waals surface area contributed by atoms with Crippen molar-refractivity contribution in [2.24, 2.45) is 0 Å². The van der Waals surface area contributed by atoms with Gasteiger partial charge in [-0.2, -0.15) is 0 Å². The van der Waals surface area contributed by atoms with Gasteiger partial charge in [-0.05, 0) is 43.7 Å². The van der Waals surface area contributed by atoms with E-state index in [9.17, 15) is 9.59 Å². The summed E-state index contributed by atoms with van der Waals surface area (Å²) in [6.07, 6.45) is 0. The van der Waals surface area contributed by atoms with Gasteiger partial charge in [-0.3, -0.25) is 4.79 Å². The quantitative estimate of drug-likeness (QED) is 0.909. The van der Waals surface area contributed by atoms with Gasteiger partial charge in [0.1, 0.15) is 0 Å². The number of nitrogens with one attached hydrogen (secondary N) is 1. The molecule has 0 radical (unpaired) electrons. The molecule has 1 heterocycles. The number of hydrogen-bond acceptors (Lipinski definition) is 3. The zero-order valence-electron chi connectivity index (χ0n) is 11.3. The topological polar surface area (TPSA) is 66.4 Å². The molecule has 1 aromatic heterocycles. The molecule has 4 nitrogen and oxygen atoms in total. The molecule has 104 valence electrons. The Kier molecular flexibility index (Phi) is 4.20. The Hall–Kier alpha value is -2.14. The van der Waals surface area contributed by atoms with Gasteiger partial charge in [0, 0.05) is 15.3 Å². The number of benzene rings is 1. The molecule has 0 fully saturated rings. The summed E-state index contributed by atoms with van der Waals surface area (Å²) in [7, 11) is 0. The molecule has 2 N–H and O–H groups in total. The Morgan fingerprint density at radius 2 is 1.90 bits per heavy atom. The van der Waals surface area contributed by atoms with Crippen molar-refractivity contribution in [3.05, 3.63) is 56.8 Å². The minimum Gasteiger partial charge on any atom is -0.478 e. The Labute approximate surface area is 121 Å². The summed E-state index contributed by atoms with van der Waals surface area (Å²) in [4.78, 5) is 25.2. The van der Waals surface area contributed by atoms with E-state index in [1.54, 1.807) is 23.5 Å². The first-order valence-electron chi connectivity index (χ1n) is 6.15. The van der Waals surface area contributed by atoms with Crippen LogP contribution in [-0.2, 0) is 6.54 Å². The van der Waals surface area contributed by atoms with Gasteiger partial charge in [0.15, 0.2) is 0 Å². The summed E-state index contributed by atoms with van der Waals surface area (Å²) in [5, 5.41) is 11.7. The minimum atomic E-state index is -1.04. The van der Waals surface area contributed by atoms with Gasteiger partial charge in [0.2, 0.25) is 0 Å². The Morgan fingerprint density at radius 1 is 1.20 bits per heavy atom. The number of aromatic carboxylic acids is 1. The second-order valence-corrected chi connectivity index (χ2v) is 5.86. The highest BCUT2D eigenvalue weighted by Gasteiger charge is 2.10. The van der Waals surface area contributed by atoms with Crippen molar-refractivity contribution in [2.75, 3.05) is 0 Å². The number of thiophene rings is 1. The first kappa shape index (κ1) is 14.3. The van der Waals surface area contributed by atoms with Crippen molar-refractivity contribution in [1.82, 2.24) is 5.32 Å². The van der Waals surface area contributed by atoms with Crippen LogP contribution in [0.5, 0.6) is 0 Å². The smallest absolute Gasteiger partial charge is 0.335 e. The maximum absolute atomic E-state index is 12.0. The molecular weight excluding hydrogens is 274 g/mol. The van der Waals surface area contributed by atoms with Gasteiger partial charge in [-0.25, -0.2) is 4.79 Å². The third-order valence-corrected chi connectivity index (χ3v) is 4.16. The molecule has 20 heavy (non-hydrogen) atoms. The molecule has 0 saturated carbocycles. The van der Waals surface area contributed by atoms with Crippen molar-refractivity contribution in [2.45, 2.75) is 20.4 Å². The number of carboxylic acids is 1. The Balaban J connectivity index is 2.05. The summed E-state index contributed by atoms with van der Waals surface area (Å²) in [6.45, 7) is 4.53. The van der Waals surface area contributed by atoms with Crippen LogP contribution in [0.2, 0.25) is 0 Å². The van der Waals surface area contributed by atoms with E-state index in [1.807, 2.05) is 19.9 Å². The molecule has 0 unspecified atom stereocenters. The summed E-state index contributed by atoms with van der Waals surface area (Å²) in [6, 6.07) is 8.06. The predicted octanol–water partition coefficient (Wildman–Crippen LogP) is 2.99.